The van der Waals surface area contributed by atoms with Crippen molar-refractivity contribution in [2.24, 2.45) is 9.98 Å². The van der Waals surface area contributed by atoms with Crippen molar-refractivity contribution >= 4 is 35.4 Å². The third-order valence-electron chi connectivity index (χ3n) is 3.26. The van der Waals surface area contributed by atoms with Crippen molar-refractivity contribution in [2.45, 2.75) is 13.8 Å². The third kappa shape index (κ3) is 3.92. The van der Waals surface area contributed by atoms with Gasteiger partial charge in [-0.3, -0.25) is 4.99 Å². The lowest BCUT2D eigenvalue weighted by atomic mass is 10.3. The van der Waals surface area contributed by atoms with Crippen LogP contribution in [0.3, 0.4) is 0 Å². The molecule has 2 aromatic heterocycles. The number of hydrogen-bond acceptors (Lipinski definition) is 6. The van der Waals surface area contributed by atoms with Crippen LogP contribution in [0, 0.1) is 0 Å². The first kappa shape index (κ1) is 15.6. The Morgan fingerprint density at radius 1 is 0.792 bits per heavy atom. The van der Waals surface area contributed by atoms with E-state index in [4.69, 9.17) is 0 Å². The molecule has 1 aliphatic heterocycles. The van der Waals surface area contributed by atoms with E-state index in [1.807, 2.05) is 50.5 Å². The number of aromatic nitrogens is 2. The Bertz CT molecular complexity index is 777. The van der Waals surface area contributed by atoms with Crippen molar-refractivity contribution < 1.29 is 0 Å². The summed E-state index contributed by atoms with van der Waals surface area (Å²) in [7, 11) is 0. The van der Waals surface area contributed by atoms with Crippen LogP contribution in [0.1, 0.15) is 13.8 Å². The van der Waals surface area contributed by atoms with E-state index in [9.17, 15) is 0 Å². The Labute approximate surface area is 140 Å². The van der Waals surface area contributed by atoms with Crippen molar-refractivity contribution in [1.29, 1.82) is 0 Å². The van der Waals surface area contributed by atoms with Crippen molar-refractivity contribution in [1.82, 2.24) is 9.97 Å². The summed E-state index contributed by atoms with van der Waals surface area (Å²) in [5.74, 6) is 1.32. The van der Waals surface area contributed by atoms with E-state index in [1.54, 1.807) is 24.8 Å². The Morgan fingerprint density at radius 2 is 1.50 bits per heavy atom. The molecule has 6 nitrogen and oxygen atoms in total. The van der Waals surface area contributed by atoms with E-state index < -0.39 is 0 Å². The maximum Gasteiger partial charge on any atom is 0.175 e. The number of anilines is 2. The summed E-state index contributed by atoms with van der Waals surface area (Å²) in [6, 6.07) is 7.57. The second-order valence-corrected chi connectivity index (χ2v) is 5.33. The van der Waals surface area contributed by atoms with Gasteiger partial charge in [0.1, 0.15) is 5.69 Å². The van der Waals surface area contributed by atoms with Crippen LogP contribution in [0.15, 0.2) is 70.2 Å². The molecule has 0 saturated heterocycles. The van der Waals surface area contributed by atoms with Gasteiger partial charge in [-0.25, -0.2) is 15.0 Å². The van der Waals surface area contributed by atoms with Crippen LogP contribution in [0.4, 0.5) is 23.0 Å². The van der Waals surface area contributed by atoms with Crippen molar-refractivity contribution in [3.05, 3.63) is 60.2 Å². The zero-order valence-electron chi connectivity index (χ0n) is 13.6. The highest BCUT2D eigenvalue weighted by molar-refractivity contribution is 5.85. The van der Waals surface area contributed by atoms with Gasteiger partial charge in [0.2, 0.25) is 0 Å². The standard InChI is InChI=1S/C18H18N6/c1-13-9-21-15-5-3-7-19-17(15)23-11-14(2)12-24-18-16(22-10-13)6-4-8-20-18/h3-12,21H,1-2H3,(H,20,24)/b13-9+,14-12+,22-10?,23-11+. The highest BCUT2D eigenvalue weighted by Gasteiger charge is 2.02. The molecule has 0 aliphatic carbocycles. The number of nitrogens with zero attached hydrogens (tertiary/aromatic N) is 4. The van der Waals surface area contributed by atoms with E-state index in [1.165, 1.54) is 0 Å². The SMILES string of the molecule is C/C1=C\Nc2cccnc2/N=C/C(C)=C/Nc2ncccc2N=C1. The molecule has 0 spiro atoms. The van der Waals surface area contributed by atoms with Crippen LogP contribution in [0.25, 0.3) is 0 Å². The first-order valence-electron chi connectivity index (χ1n) is 7.57. The second kappa shape index (κ2) is 7.32. The summed E-state index contributed by atoms with van der Waals surface area (Å²) in [6.07, 6.45) is 10.7. The van der Waals surface area contributed by atoms with Crippen LogP contribution in [0.2, 0.25) is 0 Å². The first-order chi connectivity index (χ1) is 11.7. The normalized spacial score (nSPS) is 19.9. The monoisotopic (exact) mass is 318 g/mol. The molecule has 3 heterocycles. The number of aliphatic imine (C=N–C) groups is 2. The van der Waals surface area contributed by atoms with Gasteiger partial charge < -0.3 is 10.6 Å². The highest BCUT2D eigenvalue weighted by atomic mass is 15.0. The summed E-state index contributed by atoms with van der Waals surface area (Å²) < 4.78 is 0. The smallest absolute Gasteiger partial charge is 0.175 e. The molecule has 2 N–H and O–H groups in total. The fourth-order valence-corrected chi connectivity index (χ4v) is 2.01. The molecule has 0 bridgehead atoms. The van der Waals surface area contributed by atoms with Crippen LogP contribution in [-0.2, 0) is 0 Å². The molecule has 3 rings (SSSR count). The zero-order valence-corrected chi connectivity index (χ0v) is 13.6. The molecular weight excluding hydrogens is 300 g/mol. The van der Waals surface area contributed by atoms with E-state index in [2.05, 4.69) is 30.6 Å². The predicted molar refractivity (Wildman–Crippen MR) is 99.5 cm³/mol. The average Bonchev–Trinajstić information content (AvgIpc) is 2.62. The van der Waals surface area contributed by atoms with Gasteiger partial charge in [0.25, 0.3) is 0 Å². The van der Waals surface area contributed by atoms with Crippen LogP contribution in [0.5, 0.6) is 0 Å². The number of rotatable bonds is 0. The first-order valence-corrected chi connectivity index (χ1v) is 7.57. The van der Waals surface area contributed by atoms with Crippen molar-refractivity contribution in [3.63, 3.8) is 0 Å². The Hall–Kier alpha value is -3.28. The minimum absolute atomic E-state index is 0.627. The maximum absolute atomic E-state index is 4.50. The van der Waals surface area contributed by atoms with Gasteiger partial charge in [0, 0.05) is 37.2 Å². The summed E-state index contributed by atoms with van der Waals surface area (Å²) >= 11 is 0. The van der Waals surface area contributed by atoms with Crippen molar-refractivity contribution in [3.8, 4) is 0 Å². The number of pyridine rings is 2. The molecule has 0 amide bonds. The van der Waals surface area contributed by atoms with E-state index >= 15 is 0 Å². The van der Waals surface area contributed by atoms with Crippen LogP contribution in [-0.4, -0.2) is 22.4 Å². The lowest BCUT2D eigenvalue weighted by Gasteiger charge is -2.07. The molecule has 0 unspecified atom stereocenters. The van der Waals surface area contributed by atoms with Gasteiger partial charge in [-0.1, -0.05) is 0 Å². The lowest BCUT2D eigenvalue weighted by molar-refractivity contribution is 1.26. The summed E-state index contributed by atoms with van der Waals surface area (Å²) in [5, 5.41) is 6.40. The molecule has 1 aliphatic rings. The number of allylic oxidation sites excluding steroid dienone is 2. The highest BCUT2D eigenvalue weighted by Crippen LogP contribution is 2.23. The second-order valence-electron chi connectivity index (χ2n) is 5.33. The number of hydrogen-bond donors (Lipinski definition) is 2. The topological polar surface area (TPSA) is 74.6 Å². The molecule has 0 atom stereocenters. The fourth-order valence-electron chi connectivity index (χ4n) is 2.01. The molecule has 6 heteroatoms. The molecule has 0 saturated carbocycles. The molecule has 2 aromatic rings. The van der Waals surface area contributed by atoms with Gasteiger partial charge >= 0.3 is 0 Å². The molecule has 0 aromatic carbocycles. The lowest BCUT2D eigenvalue weighted by Crippen LogP contribution is -1.96. The molecule has 0 fully saturated rings. The van der Waals surface area contributed by atoms with Gasteiger partial charge in [-0.15, -0.1) is 0 Å². The largest absolute Gasteiger partial charge is 0.358 e. The minimum Gasteiger partial charge on any atom is -0.358 e. The van der Waals surface area contributed by atoms with Crippen molar-refractivity contribution in [2.75, 3.05) is 10.6 Å². The van der Waals surface area contributed by atoms with Gasteiger partial charge in [0.15, 0.2) is 11.6 Å². The van der Waals surface area contributed by atoms with Gasteiger partial charge in [-0.2, -0.15) is 0 Å². The number of nitrogens with one attached hydrogen (secondary N) is 2. The Kier molecular flexibility index (Phi) is 4.76. The summed E-state index contributed by atoms with van der Waals surface area (Å²) in [5.41, 5.74) is 3.51. The van der Waals surface area contributed by atoms with Gasteiger partial charge in [0.05, 0.1) is 5.69 Å². The summed E-state index contributed by atoms with van der Waals surface area (Å²) in [4.78, 5) is 17.6. The summed E-state index contributed by atoms with van der Waals surface area (Å²) in [6.45, 7) is 3.92. The van der Waals surface area contributed by atoms with Crippen LogP contribution < -0.4 is 10.6 Å². The van der Waals surface area contributed by atoms with Crippen LogP contribution >= 0.6 is 0 Å². The third-order valence-corrected chi connectivity index (χ3v) is 3.26. The number of fused-ring (bicyclic) bond motifs is 2. The molecule has 0 radical (unpaired) electrons. The Morgan fingerprint density at radius 3 is 2.38 bits per heavy atom. The van der Waals surface area contributed by atoms with E-state index in [-0.39, 0.29) is 0 Å². The maximum atomic E-state index is 4.50. The zero-order chi connectivity index (χ0) is 16.8. The fraction of sp³-hybridized carbons (Fsp3) is 0.111. The predicted octanol–water partition coefficient (Wildman–Crippen LogP) is 4.23. The minimum atomic E-state index is 0.627. The van der Waals surface area contributed by atoms with E-state index in [0.29, 0.717) is 11.6 Å². The average molecular weight is 318 g/mol. The Balaban J connectivity index is 2.02. The molecule has 24 heavy (non-hydrogen) atoms. The molecule has 120 valence electrons. The quantitative estimate of drug-likeness (QED) is 0.762. The molecular formula is C18H18N6. The van der Waals surface area contributed by atoms with E-state index in [0.717, 1.165) is 22.5 Å². The van der Waals surface area contributed by atoms with Gasteiger partial charge in [-0.05, 0) is 49.3 Å².